The smallest absolute Gasteiger partial charge is 0.242 e. The predicted molar refractivity (Wildman–Crippen MR) is 63.2 cm³/mol. The Morgan fingerprint density at radius 2 is 2.31 bits per heavy atom. The lowest BCUT2D eigenvalue weighted by Gasteiger charge is -2.13. The molecule has 16 heavy (non-hydrogen) atoms. The Kier molecular flexibility index (Phi) is 4.30. The number of nitrogens with two attached hydrogens (primary N) is 1. The number of amides is 1. The van der Waals surface area contributed by atoms with Crippen LogP contribution in [0, 0.1) is 0 Å². The molecule has 0 saturated carbocycles. The summed E-state index contributed by atoms with van der Waals surface area (Å²) in [5.41, 5.74) is 5.42. The highest BCUT2D eigenvalue weighted by Gasteiger charge is 2.12. The van der Waals surface area contributed by atoms with Gasteiger partial charge in [-0.3, -0.25) is 4.79 Å². The minimum Gasteiger partial charge on any atom is -0.368 e. The maximum Gasteiger partial charge on any atom is 0.242 e. The molecule has 0 saturated heterocycles. The summed E-state index contributed by atoms with van der Waals surface area (Å²) in [7, 11) is 0. The summed E-state index contributed by atoms with van der Waals surface area (Å²) in [5, 5.41) is 5.80. The number of likely N-dealkylation sites (N-methyl/N-ethyl adjacent to an activating group) is 1. The van der Waals surface area contributed by atoms with E-state index in [1.807, 2.05) is 6.92 Å². The first-order chi connectivity index (χ1) is 7.52. The largest absolute Gasteiger partial charge is 0.368 e. The van der Waals surface area contributed by atoms with Gasteiger partial charge in [0.05, 0.1) is 0 Å². The predicted octanol–water partition coefficient (Wildman–Crippen LogP) is 0.649. The van der Waals surface area contributed by atoms with E-state index in [2.05, 4.69) is 20.6 Å². The van der Waals surface area contributed by atoms with E-state index in [-0.39, 0.29) is 17.0 Å². The van der Waals surface area contributed by atoms with Crippen LogP contribution < -0.4 is 16.4 Å². The van der Waals surface area contributed by atoms with Gasteiger partial charge in [0.2, 0.25) is 11.9 Å². The van der Waals surface area contributed by atoms with E-state index in [1.165, 1.54) is 6.07 Å². The third-order valence-corrected chi connectivity index (χ3v) is 2.01. The van der Waals surface area contributed by atoms with E-state index in [0.717, 1.165) is 0 Å². The molecule has 1 unspecified atom stereocenters. The minimum atomic E-state index is -0.412. The molecule has 0 aliphatic rings. The van der Waals surface area contributed by atoms with Gasteiger partial charge in [0.1, 0.15) is 17.0 Å². The normalized spacial score (nSPS) is 11.9. The van der Waals surface area contributed by atoms with E-state index in [4.69, 9.17) is 17.3 Å². The van der Waals surface area contributed by atoms with Gasteiger partial charge >= 0.3 is 0 Å². The lowest BCUT2D eigenvalue weighted by molar-refractivity contribution is -0.121. The van der Waals surface area contributed by atoms with Crippen LogP contribution in [0.3, 0.4) is 0 Å². The van der Waals surface area contributed by atoms with Crippen LogP contribution in [0.2, 0.25) is 5.15 Å². The van der Waals surface area contributed by atoms with Gasteiger partial charge < -0.3 is 16.4 Å². The van der Waals surface area contributed by atoms with Gasteiger partial charge in [-0.15, -0.1) is 0 Å². The lowest BCUT2D eigenvalue weighted by atomic mass is 10.3. The lowest BCUT2D eigenvalue weighted by Crippen LogP contribution is -2.37. The Balaban J connectivity index is 2.69. The second-order valence-corrected chi connectivity index (χ2v) is 3.58. The Bertz CT molecular complexity index is 364. The Hall–Kier alpha value is -1.56. The fourth-order valence-corrected chi connectivity index (χ4v) is 1.31. The Morgan fingerprint density at radius 3 is 2.88 bits per heavy atom. The van der Waals surface area contributed by atoms with Crippen molar-refractivity contribution in [1.82, 2.24) is 15.3 Å². The summed E-state index contributed by atoms with van der Waals surface area (Å²) in [6.45, 7) is 4.15. The van der Waals surface area contributed by atoms with Crippen LogP contribution in [0.1, 0.15) is 13.8 Å². The Morgan fingerprint density at radius 1 is 1.62 bits per heavy atom. The molecular formula is C9H14ClN5O. The highest BCUT2D eigenvalue weighted by Crippen LogP contribution is 2.13. The van der Waals surface area contributed by atoms with Crippen molar-refractivity contribution >= 4 is 29.3 Å². The summed E-state index contributed by atoms with van der Waals surface area (Å²) < 4.78 is 0. The zero-order chi connectivity index (χ0) is 12.1. The molecule has 1 heterocycles. The first-order valence-corrected chi connectivity index (χ1v) is 5.25. The summed E-state index contributed by atoms with van der Waals surface area (Å²) in [6, 6.07) is 1.10. The zero-order valence-corrected chi connectivity index (χ0v) is 9.88. The third kappa shape index (κ3) is 3.54. The first-order valence-electron chi connectivity index (χ1n) is 4.87. The molecule has 6 nitrogen and oxygen atoms in total. The molecule has 0 fully saturated rings. The summed E-state index contributed by atoms with van der Waals surface area (Å²) >= 11 is 5.70. The number of rotatable bonds is 4. The topological polar surface area (TPSA) is 92.9 Å². The molecule has 0 radical (unpaired) electrons. The average Bonchev–Trinajstić information content (AvgIpc) is 2.16. The van der Waals surface area contributed by atoms with Crippen molar-refractivity contribution in [1.29, 1.82) is 0 Å². The fraction of sp³-hybridized carbons (Fsp3) is 0.444. The molecular weight excluding hydrogens is 230 g/mol. The van der Waals surface area contributed by atoms with E-state index in [1.54, 1.807) is 6.92 Å². The number of nitrogens with one attached hydrogen (secondary N) is 2. The van der Waals surface area contributed by atoms with Crippen molar-refractivity contribution in [2.24, 2.45) is 0 Å². The van der Waals surface area contributed by atoms with E-state index in [9.17, 15) is 4.79 Å². The van der Waals surface area contributed by atoms with Crippen molar-refractivity contribution in [3.8, 4) is 0 Å². The Labute approximate surface area is 98.6 Å². The molecule has 1 aromatic heterocycles. The third-order valence-electron chi connectivity index (χ3n) is 1.82. The molecule has 88 valence electrons. The maximum atomic E-state index is 11.4. The monoisotopic (exact) mass is 243 g/mol. The van der Waals surface area contributed by atoms with Gasteiger partial charge in [-0.2, -0.15) is 4.98 Å². The molecule has 4 N–H and O–H groups in total. The van der Waals surface area contributed by atoms with Gasteiger partial charge in [-0.25, -0.2) is 4.98 Å². The number of hydrogen-bond acceptors (Lipinski definition) is 5. The van der Waals surface area contributed by atoms with Crippen LogP contribution in [0.15, 0.2) is 6.07 Å². The molecule has 1 aromatic rings. The van der Waals surface area contributed by atoms with Crippen molar-refractivity contribution in [3.05, 3.63) is 11.2 Å². The number of anilines is 2. The number of nitrogens with zero attached hydrogens (tertiary/aromatic N) is 2. The van der Waals surface area contributed by atoms with E-state index in [0.29, 0.717) is 12.4 Å². The molecule has 0 aromatic carbocycles. The van der Waals surface area contributed by atoms with Crippen LogP contribution in [0.4, 0.5) is 11.8 Å². The number of aromatic nitrogens is 2. The van der Waals surface area contributed by atoms with E-state index >= 15 is 0 Å². The quantitative estimate of drug-likeness (QED) is 0.675. The SMILES string of the molecule is CCNC(=O)C(C)Nc1cc(Cl)nc(N)n1. The zero-order valence-electron chi connectivity index (χ0n) is 9.12. The van der Waals surface area contributed by atoms with E-state index < -0.39 is 6.04 Å². The molecule has 0 bridgehead atoms. The highest BCUT2D eigenvalue weighted by molar-refractivity contribution is 6.29. The van der Waals surface area contributed by atoms with Gasteiger partial charge in [-0.05, 0) is 13.8 Å². The number of halogens is 1. The molecule has 1 amide bonds. The van der Waals surface area contributed by atoms with Crippen LogP contribution in [0.5, 0.6) is 0 Å². The van der Waals surface area contributed by atoms with Gasteiger partial charge in [0.25, 0.3) is 0 Å². The summed E-state index contributed by atoms with van der Waals surface area (Å²) in [5.74, 6) is 0.380. The number of hydrogen-bond donors (Lipinski definition) is 3. The van der Waals surface area contributed by atoms with Crippen LogP contribution >= 0.6 is 11.6 Å². The number of nitrogen functional groups attached to an aromatic ring is 1. The second-order valence-electron chi connectivity index (χ2n) is 3.19. The molecule has 1 rings (SSSR count). The minimum absolute atomic E-state index is 0.0677. The summed E-state index contributed by atoms with van der Waals surface area (Å²) in [6.07, 6.45) is 0. The molecule has 1 atom stereocenters. The van der Waals surface area contributed by atoms with Gasteiger partial charge in [0, 0.05) is 12.6 Å². The van der Waals surface area contributed by atoms with Crippen LogP contribution in [-0.4, -0.2) is 28.5 Å². The van der Waals surface area contributed by atoms with Crippen LogP contribution in [-0.2, 0) is 4.79 Å². The van der Waals surface area contributed by atoms with Crippen molar-refractivity contribution in [2.45, 2.75) is 19.9 Å². The fourth-order valence-electron chi connectivity index (χ4n) is 1.12. The van der Waals surface area contributed by atoms with Crippen LogP contribution in [0.25, 0.3) is 0 Å². The maximum absolute atomic E-state index is 11.4. The molecule has 0 aliphatic heterocycles. The number of carbonyl (C=O) groups is 1. The van der Waals surface area contributed by atoms with Gasteiger partial charge in [0.15, 0.2) is 0 Å². The average molecular weight is 244 g/mol. The standard InChI is InChI=1S/C9H14ClN5O/c1-3-12-8(16)5(2)13-7-4-6(10)14-9(11)15-7/h4-5H,3H2,1-2H3,(H,12,16)(H3,11,13,14,15). The molecule has 0 aliphatic carbocycles. The summed E-state index contributed by atoms with van der Waals surface area (Å²) in [4.78, 5) is 19.1. The van der Waals surface area contributed by atoms with Crippen molar-refractivity contribution < 1.29 is 4.79 Å². The second kappa shape index (κ2) is 5.50. The number of carbonyl (C=O) groups excluding carboxylic acids is 1. The highest BCUT2D eigenvalue weighted by atomic mass is 35.5. The molecule has 0 spiro atoms. The van der Waals surface area contributed by atoms with Crippen molar-refractivity contribution in [2.75, 3.05) is 17.6 Å². The first kappa shape index (κ1) is 12.5. The molecule has 7 heteroatoms. The van der Waals surface area contributed by atoms with Crippen molar-refractivity contribution in [3.63, 3.8) is 0 Å². The van der Waals surface area contributed by atoms with Gasteiger partial charge in [-0.1, -0.05) is 11.6 Å².